The van der Waals surface area contributed by atoms with Crippen LogP contribution in [0.25, 0.3) is 11.0 Å². The Balaban J connectivity index is 1.67. The van der Waals surface area contributed by atoms with Gasteiger partial charge in [-0.1, -0.05) is 0 Å². The number of aromatic nitrogens is 3. The van der Waals surface area contributed by atoms with Crippen LogP contribution in [0.4, 0.5) is 4.39 Å². The number of halogens is 1. The van der Waals surface area contributed by atoms with Crippen LogP contribution in [-0.4, -0.2) is 39.9 Å². The van der Waals surface area contributed by atoms with Crippen LogP contribution in [0.3, 0.4) is 0 Å². The van der Waals surface area contributed by atoms with E-state index < -0.39 is 27.1 Å². The van der Waals surface area contributed by atoms with Gasteiger partial charge in [0.25, 0.3) is 5.56 Å². The summed E-state index contributed by atoms with van der Waals surface area (Å²) in [5.41, 5.74) is 0.00109. The summed E-state index contributed by atoms with van der Waals surface area (Å²) in [6.45, 7) is 0.524. The van der Waals surface area contributed by atoms with Crippen LogP contribution in [0.2, 0.25) is 0 Å². The molecule has 8 nitrogen and oxygen atoms in total. The van der Waals surface area contributed by atoms with E-state index in [9.17, 15) is 22.4 Å². The van der Waals surface area contributed by atoms with Gasteiger partial charge in [0.05, 0.1) is 10.3 Å². The predicted octanol–water partition coefficient (Wildman–Crippen LogP) is 0.950. The lowest BCUT2D eigenvalue weighted by Crippen LogP contribution is -2.37. The zero-order chi connectivity index (χ0) is 20.9. The van der Waals surface area contributed by atoms with Crippen LogP contribution in [0.15, 0.2) is 50.9 Å². The van der Waals surface area contributed by atoms with Crippen LogP contribution >= 0.6 is 0 Å². The summed E-state index contributed by atoms with van der Waals surface area (Å²) >= 11 is 0. The molecule has 0 N–H and O–H groups in total. The van der Waals surface area contributed by atoms with Crippen molar-refractivity contribution in [1.82, 2.24) is 18.4 Å². The minimum absolute atomic E-state index is 0.0388. The lowest BCUT2D eigenvalue weighted by Gasteiger charge is -2.17. The van der Waals surface area contributed by atoms with Crippen LogP contribution in [0.1, 0.15) is 18.0 Å². The third-order valence-electron chi connectivity index (χ3n) is 5.34. The number of rotatable bonds is 3. The largest absolute Gasteiger partial charge is 0.332 e. The molecule has 0 saturated carbocycles. The summed E-state index contributed by atoms with van der Waals surface area (Å²) < 4.78 is 42.4. The lowest BCUT2D eigenvalue weighted by atomic mass is 10.0. The molecule has 2 aromatic heterocycles. The lowest BCUT2D eigenvalue weighted by molar-refractivity contribution is 0.472. The molecule has 1 aliphatic rings. The number of sulfonamides is 1. The third kappa shape index (κ3) is 3.18. The molecule has 1 unspecified atom stereocenters. The number of hydrogen-bond acceptors (Lipinski definition) is 5. The van der Waals surface area contributed by atoms with Crippen molar-refractivity contribution in [3.05, 3.63) is 68.7 Å². The van der Waals surface area contributed by atoms with Gasteiger partial charge in [-0.25, -0.2) is 22.6 Å². The number of pyridine rings is 1. The normalized spacial score (nSPS) is 17.8. The van der Waals surface area contributed by atoms with E-state index in [-0.39, 0.29) is 23.0 Å². The fourth-order valence-electron chi connectivity index (χ4n) is 3.64. The van der Waals surface area contributed by atoms with Crippen LogP contribution < -0.4 is 11.2 Å². The highest BCUT2D eigenvalue weighted by molar-refractivity contribution is 7.89. The van der Waals surface area contributed by atoms with Crippen molar-refractivity contribution in [2.45, 2.75) is 17.2 Å². The average molecular weight is 418 g/mol. The standard InChI is InChI=1S/C19H19FN4O4S/c1-22-17-15(18(25)23(2)19(22)26)7-8-16(21-17)12-9-10-24(11-12)29(27,28)14-5-3-13(20)4-6-14/h3-8,12H,9-11H2,1-2H3. The molecule has 0 aliphatic carbocycles. The van der Waals surface area contributed by atoms with Gasteiger partial charge in [0, 0.05) is 38.8 Å². The molecule has 1 aromatic carbocycles. The van der Waals surface area contributed by atoms with Gasteiger partial charge in [0.2, 0.25) is 10.0 Å². The van der Waals surface area contributed by atoms with Crippen molar-refractivity contribution < 1.29 is 12.8 Å². The minimum Gasteiger partial charge on any atom is -0.280 e. The van der Waals surface area contributed by atoms with Gasteiger partial charge >= 0.3 is 5.69 Å². The van der Waals surface area contributed by atoms with Crippen molar-refractivity contribution in [3.8, 4) is 0 Å². The fourth-order valence-corrected chi connectivity index (χ4v) is 5.14. The second-order valence-electron chi connectivity index (χ2n) is 7.12. The van der Waals surface area contributed by atoms with Crippen molar-refractivity contribution in [1.29, 1.82) is 0 Å². The number of hydrogen-bond donors (Lipinski definition) is 0. The Morgan fingerprint density at radius 2 is 1.72 bits per heavy atom. The van der Waals surface area contributed by atoms with Crippen LogP contribution in [-0.2, 0) is 24.1 Å². The summed E-state index contributed by atoms with van der Waals surface area (Å²) in [4.78, 5) is 29.0. The first-order chi connectivity index (χ1) is 13.7. The molecule has 3 heterocycles. The molecule has 1 aliphatic heterocycles. The van der Waals surface area contributed by atoms with Gasteiger partial charge in [0.1, 0.15) is 11.5 Å². The van der Waals surface area contributed by atoms with Crippen LogP contribution in [0, 0.1) is 5.82 Å². The summed E-state index contributed by atoms with van der Waals surface area (Å²) in [5, 5.41) is 0.326. The molecule has 0 amide bonds. The molecule has 10 heteroatoms. The van der Waals surface area contributed by atoms with E-state index in [4.69, 9.17) is 0 Å². The third-order valence-corrected chi connectivity index (χ3v) is 7.22. The topological polar surface area (TPSA) is 94.3 Å². The van der Waals surface area contributed by atoms with E-state index in [1.165, 1.54) is 28.1 Å². The molecule has 4 rings (SSSR count). The quantitative estimate of drug-likeness (QED) is 0.631. The highest BCUT2D eigenvalue weighted by Gasteiger charge is 2.34. The summed E-state index contributed by atoms with van der Waals surface area (Å²) in [6, 6.07) is 8.05. The molecule has 0 bridgehead atoms. The number of aryl methyl sites for hydroxylation is 1. The Hall–Kier alpha value is -2.85. The molecular formula is C19H19FN4O4S. The van der Waals surface area contributed by atoms with E-state index in [1.54, 1.807) is 19.2 Å². The van der Waals surface area contributed by atoms with Crippen molar-refractivity contribution in [2.75, 3.05) is 13.1 Å². The van der Waals surface area contributed by atoms with Gasteiger partial charge < -0.3 is 0 Å². The Morgan fingerprint density at radius 3 is 2.41 bits per heavy atom. The second-order valence-corrected chi connectivity index (χ2v) is 9.05. The highest BCUT2D eigenvalue weighted by atomic mass is 32.2. The predicted molar refractivity (Wildman–Crippen MR) is 105 cm³/mol. The first-order valence-electron chi connectivity index (χ1n) is 9.02. The average Bonchev–Trinajstić information content (AvgIpc) is 3.22. The van der Waals surface area contributed by atoms with Gasteiger partial charge in [-0.2, -0.15) is 4.31 Å². The van der Waals surface area contributed by atoms with Crippen LogP contribution in [0.5, 0.6) is 0 Å². The SMILES string of the molecule is Cn1c(=O)c2ccc(C3CCN(S(=O)(=O)c4ccc(F)cc4)C3)nc2n(C)c1=O. The Bertz CT molecular complexity index is 1330. The number of benzene rings is 1. The van der Waals surface area contributed by atoms with E-state index in [0.717, 1.165) is 16.7 Å². The van der Waals surface area contributed by atoms with E-state index in [2.05, 4.69) is 4.98 Å². The molecule has 3 aromatic rings. The van der Waals surface area contributed by atoms with E-state index >= 15 is 0 Å². The number of nitrogens with zero attached hydrogens (tertiary/aromatic N) is 4. The molecule has 0 spiro atoms. The monoisotopic (exact) mass is 418 g/mol. The molecule has 1 atom stereocenters. The molecule has 0 radical (unpaired) electrons. The second kappa shape index (κ2) is 6.89. The van der Waals surface area contributed by atoms with Gasteiger partial charge in [-0.05, 0) is 42.8 Å². The summed E-state index contributed by atoms with van der Waals surface area (Å²) in [7, 11) is -0.783. The Kier molecular flexibility index (Phi) is 4.62. The van der Waals surface area contributed by atoms with Gasteiger partial charge in [-0.15, -0.1) is 0 Å². The minimum atomic E-state index is -3.74. The summed E-state index contributed by atoms with van der Waals surface area (Å²) in [6.07, 6.45) is 0.553. The molecule has 1 saturated heterocycles. The maximum absolute atomic E-state index is 13.1. The van der Waals surface area contributed by atoms with Crippen molar-refractivity contribution >= 4 is 21.1 Å². The van der Waals surface area contributed by atoms with E-state index in [1.807, 2.05) is 0 Å². The first kappa shape index (κ1) is 19.5. The smallest absolute Gasteiger partial charge is 0.280 e. The van der Waals surface area contributed by atoms with Gasteiger partial charge in [-0.3, -0.25) is 13.9 Å². The maximum Gasteiger partial charge on any atom is 0.332 e. The highest BCUT2D eigenvalue weighted by Crippen LogP contribution is 2.30. The number of fused-ring (bicyclic) bond motifs is 1. The van der Waals surface area contributed by atoms with E-state index in [0.29, 0.717) is 24.0 Å². The molecule has 152 valence electrons. The Labute approximate surface area is 165 Å². The molecule has 29 heavy (non-hydrogen) atoms. The van der Waals surface area contributed by atoms with Gasteiger partial charge in [0.15, 0.2) is 0 Å². The van der Waals surface area contributed by atoms with Crippen molar-refractivity contribution in [3.63, 3.8) is 0 Å². The molecular weight excluding hydrogens is 399 g/mol. The molecule has 1 fully saturated rings. The van der Waals surface area contributed by atoms with Crippen molar-refractivity contribution in [2.24, 2.45) is 14.1 Å². The Morgan fingerprint density at radius 1 is 1.03 bits per heavy atom. The summed E-state index contributed by atoms with van der Waals surface area (Å²) in [5.74, 6) is -0.672. The zero-order valence-electron chi connectivity index (χ0n) is 15.9. The maximum atomic E-state index is 13.1. The fraction of sp³-hybridized carbons (Fsp3) is 0.316. The zero-order valence-corrected chi connectivity index (χ0v) is 16.7. The first-order valence-corrected chi connectivity index (χ1v) is 10.5.